The Hall–Kier alpha value is -1.30. The molecule has 0 radical (unpaired) electrons. The van der Waals surface area contributed by atoms with Crippen LogP contribution in [0.5, 0.6) is 0 Å². The number of carboxylic acid groups (broad SMARTS) is 1. The van der Waals surface area contributed by atoms with Crippen molar-refractivity contribution >= 4 is 12.0 Å². The van der Waals surface area contributed by atoms with E-state index < -0.39 is 11.9 Å². The number of likely N-dealkylation sites (N-methyl/N-ethyl adjacent to an activating group) is 1. The van der Waals surface area contributed by atoms with Crippen LogP contribution in [0.4, 0.5) is 4.79 Å². The highest BCUT2D eigenvalue weighted by Crippen LogP contribution is 2.22. The molecule has 0 saturated carbocycles. The number of hydrogen-bond donors (Lipinski definition) is 1. The molecule has 2 rings (SSSR count). The van der Waals surface area contributed by atoms with Crippen molar-refractivity contribution in [3.8, 4) is 0 Å². The lowest BCUT2D eigenvalue weighted by Gasteiger charge is -2.40. The first kappa shape index (κ1) is 12.2. The molecule has 17 heavy (non-hydrogen) atoms. The summed E-state index contributed by atoms with van der Waals surface area (Å²) in [7, 11) is 1.76. The van der Waals surface area contributed by atoms with Crippen molar-refractivity contribution in [3.05, 3.63) is 0 Å². The second kappa shape index (κ2) is 4.52. The fraction of sp³-hybridized carbons (Fsp3) is 0.818. The first-order valence-corrected chi connectivity index (χ1v) is 5.87. The molecular formula is C11H18N2O4. The van der Waals surface area contributed by atoms with Crippen molar-refractivity contribution in [3.63, 3.8) is 0 Å². The van der Waals surface area contributed by atoms with Gasteiger partial charge in [0, 0.05) is 26.7 Å². The smallest absolute Gasteiger partial charge is 0.320 e. The van der Waals surface area contributed by atoms with E-state index in [-0.39, 0.29) is 18.2 Å². The zero-order valence-electron chi connectivity index (χ0n) is 10.1. The van der Waals surface area contributed by atoms with E-state index in [0.29, 0.717) is 19.7 Å². The molecule has 0 spiro atoms. The topological polar surface area (TPSA) is 70.1 Å². The van der Waals surface area contributed by atoms with Gasteiger partial charge in [0.15, 0.2) is 0 Å². The molecule has 0 aromatic carbocycles. The molecule has 2 heterocycles. The highest BCUT2D eigenvalue weighted by molar-refractivity contribution is 5.80. The molecule has 2 unspecified atom stereocenters. The van der Waals surface area contributed by atoms with Gasteiger partial charge >= 0.3 is 12.0 Å². The van der Waals surface area contributed by atoms with Gasteiger partial charge in [0.1, 0.15) is 0 Å². The average molecular weight is 242 g/mol. The Kier molecular flexibility index (Phi) is 3.24. The lowest BCUT2D eigenvalue weighted by molar-refractivity contribution is -0.146. The molecule has 2 aliphatic heterocycles. The van der Waals surface area contributed by atoms with E-state index in [1.807, 2.05) is 6.92 Å². The second-order valence-electron chi connectivity index (χ2n) is 4.77. The van der Waals surface area contributed by atoms with Crippen LogP contribution in [0.15, 0.2) is 0 Å². The van der Waals surface area contributed by atoms with Gasteiger partial charge in [-0.25, -0.2) is 4.79 Å². The first-order chi connectivity index (χ1) is 8.00. The summed E-state index contributed by atoms with van der Waals surface area (Å²) >= 11 is 0. The lowest BCUT2D eigenvalue weighted by Crippen LogP contribution is -2.58. The molecule has 6 heteroatoms. The number of carbonyl (C=O) groups is 2. The first-order valence-electron chi connectivity index (χ1n) is 5.87. The molecule has 2 saturated heterocycles. The van der Waals surface area contributed by atoms with Crippen molar-refractivity contribution < 1.29 is 19.4 Å². The second-order valence-corrected chi connectivity index (χ2v) is 4.77. The number of amides is 2. The van der Waals surface area contributed by atoms with E-state index in [4.69, 9.17) is 9.84 Å². The number of urea groups is 1. The van der Waals surface area contributed by atoms with Gasteiger partial charge in [0.2, 0.25) is 0 Å². The number of nitrogens with zero attached hydrogens (tertiary/aromatic N) is 2. The maximum atomic E-state index is 12.0. The third-order valence-corrected chi connectivity index (χ3v) is 3.64. The minimum atomic E-state index is -0.825. The molecule has 0 aromatic heterocycles. The van der Waals surface area contributed by atoms with Crippen LogP contribution in [0.1, 0.15) is 13.3 Å². The summed E-state index contributed by atoms with van der Waals surface area (Å²) in [5, 5.41) is 8.75. The number of hydrogen-bond acceptors (Lipinski definition) is 3. The predicted molar refractivity (Wildman–Crippen MR) is 59.7 cm³/mol. The van der Waals surface area contributed by atoms with Crippen LogP contribution < -0.4 is 0 Å². The highest BCUT2D eigenvalue weighted by Gasteiger charge is 2.39. The molecule has 96 valence electrons. The Morgan fingerprint density at radius 1 is 1.41 bits per heavy atom. The third kappa shape index (κ3) is 2.22. The zero-order valence-corrected chi connectivity index (χ0v) is 10.1. The maximum absolute atomic E-state index is 12.0. The molecule has 2 aliphatic rings. The molecule has 2 amide bonds. The van der Waals surface area contributed by atoms with Gasteiger partial charge < -0.3 is 19.6 Å². The average Bonchev–Trinajstić information content (AvgIpc) is 2.60. The van der Waals surface area contributed by atoms with Crippen LogP contribution in [-0.2, 0) is 9.53 Å². The molecule has 6 nitrogen and oxygen atoms in total. The van der Waals surface area contributed by atoms with Crippen LogP contribution in [0.2, 0.25) is 0 Å². The molecule has 1 N–H and O–H groups in total. The molecule has 2 fully saturated rings. The van der Waals surface area contributed by atoms with E-state index in [9.17, 15) is 9.59 Å². The van der Waals surface area contributed by atoms with E-state index in [1.165, 1.54) is 0 Å². The number of ether oxygens (including phenoxy) is 1. The largest absolute Gasteiger partial charge is 0.481 e. The monoisotopic (exact) mass is 242 g/mol. The Labute approximate surface area is 100 Å². The summed E-state index contributed by atoms with van der Waals surface area (Å²) in [5.41, 5.74) is 0. The van der Waals surface area contributed by atoms with Crippen LogP contribution in [0.25, 0.3) is 0 Å². The van der Waals surface area contributed by atoms with Crippen LogP contribution >= 0.6 is 0 Å². The normalized spacial score (nSPS) is 28.9. The fourth-order valence-corrected chi connectivity index (χ4v) is 2.38. The van der Waals surface area contributed by atoms with Gasteiger partial charge in [-0.15, -0.1) is 0 Å². The SMILES string of the molecule is CC1OCCC1N(C)C(=O)N1CC(C(=O)O)C1. The summed E-state index contributed by atoms with van der Waals surface area (Å²) in [6.07, 6.45) is 0.903. The summed E-state index contributed by atoms with van der Waals surface area (Å²) in [6, 6.07) is 0.0104. The summed E-state index contributed by atoms with van der Waals surface area (Å²) < 4.78 is 5.42. The Morgan fingerprint density at radius 3 is 2.53 bits per heavy atom. The third-order valence-electron chi connectivity index (χ3n) is 3.64. The number of carboxylic acids is 1. The Bertz CT molecular complexity index is 327. The lowest BCUT2D eigenvalue weighted by atomic mass is 10.0. The zero-order chi connectivity index (χ0) is 12.6. The summed E-state index contributed by atoms with van der Waals surface area (Å²) in [6.45, 7) is 3.28. The minimum absolute atomic E-state index is 0.0560. The fourth-order valence-electron chi connectivity index (χ4n) is 2.38. The van der Waals surface area contributed by atoms with Crippen molar-refractivity contribution in [1.82, 2.24) is 9.80 Å². The van der Waals surface area contributed by atoms with Crippen molar-refractivity contribution in [2.24, 2.45) is 5.92 Å². The number of aliphatic carboxylic acids is 1. The van der Waals surface area contributed by atoms with Gasteiger partial charge in [-0.2, -0.15) is 0 Å². The van der Waals surface area contributed by atoms with Crippen molar-refractivity contribution in [2.45, 2.75) is 25.5 Å². The van der Waals surface area contributed by atoms with Crippen LogP contribution in [0.3, 0.4) is 0 Å². The van der Waals surface area contributed by atoms with E-state index >= 15 is 0 Å². The van der Waals surface area contributed by atoms with Gasteiger partial charge in [-0.3, -0.25) is 4.79 Å². The number of likely N-dealkylation sites (tertiary alicyclic amines) is 1. The Morgan fingerprint density at radius 2 is 2.06 bits per heavy atom. The molecular weight excluding hydrogens is 224 g/mol. The van der Waals surface area contributed by atoms with Gasteiger partial charge in [-0.05, 0) is 13.3 Å². The van der Waals surface area contributed by atoms with Gasteiger partial charge in [0.25, 0.3) is 0 Å². The van der Waals surface area contributed by atoms with Crippen molar-refractivity contribution in [1.29, 1.82) is 0 Å². The molecule has 2 atom stereocenters. The Balaban J connectivity index is 1.86. The highest BCUT2D eigenvalue weighted by atomic mass is 16.5. The number of carbonyl (C=O) groups excluding carboxylic acids is 1. The van der Waals surface area contributed by atoms with E-state index in [2.05, 4.69) is 0 Å². The van der Waals surface area contributed by atoms with E-state index in [0.717, 1.165) is 6.42 Å². The predicted octanol–water partition coefficient (Wildman–Crippen LogP) is 0.232. The van der Waals surface area contributed by atoms with Crippen LogP contribution in [0, 0.1) is 5.92 Å². The minimum Gasteiger partial charge on any atom is -0.481 e. The molecule has 0 aliphatic carbocycles. The quantitative estimate of drug-likeness (QED) is 0.752. The number of rotatable bonds is 2. The standard InChI is InChI=1S/C11H18N2O4/c1-7-9(3-4-17-7)12(2)11(16)13-5-8(6-13)10(14)15/h7-9H,3-6H2,1-2H3,(H,14,15). The maximum Gasteiger partial charge on any atom is 0.320 e. The summed E-state index contributed by atoms with van der Waals surface area (Å²) in [5.74, 6) is -1.22. The van der Waals surface area contributed by atoms with Crippen molar-refractivity contribution in [2.75, 3.05) is 26.7 Å². The van der Waals surface area contributed by atoms with Crippen LogP contribution in [-0.4, -0.2) is 65.8 Å². The van der Waals surface area contributed by atoms with E-state index in [1.54, 1.807) is 16.8 Å². The van der Waals surface area contributed by atoms with Gasteiger partial charge in [-0.1, -0.05) is 0 Å². The molecule has 0 aromatic rings. The summed E-state index contributed by atoms with van der Waals surface area (Å²) in [4.78, 5) is 25.9. The van der Waals surface area contributed by atoms with Gasteiger partial charge in [0.05, 0.1) is 18.1 Å². The molecule has 0 bridgehead atoms.